The average molecular weight is 294 g/mol. The normalized spacial score (nSPS) is 11.8. The van der Waals surface area contributed by atoms with Gasteiger partial charge < -0.3 is 9.84 Å². The summed E-state index contributed by atoms with van der Waals surface area (Å²) in [5.74, 6) is 1.74. The third kappa shape index (κ3) is 2.98. The summed E-state index contributed by atoms with van der Waals surface area (Å²) in [6.45, 7) is 2.04. The zero-order valence-corrected chi connectivity index (χ0v) is 11.6. The lowest BCUT2D eigenvalue weighted by atomic mass is 10.4. The highest BCUT2D eigenvalue weighted by Gasteiger charge is 2.16. The lowest BCUT2D eigenvalue weighted by Gasteiger charge is -1.96. The summed E-state index contributed by atoms with van der Waals surface area (Å²) in [6.07, 6.45) is 4.11. The molecule has 0 aliphatic heterocycles. The van der Waals surface area contributed by atoms with Gasteiger partial charge in [-0.2, -0.15) is 0 Å². The minimum absolute atomic E-state index is 0.258. The molecule has 98 valence electrons. The van der Waals surface area contributed by atoms with Gasteiger partial charge in [-0.3, -0.25) is 0 Å². The Labute approximate surface area is 117 Å². The molecule has 0 saturated carbocycles. The van der Waals surface area contributed by atoms with E-state index in [1.165, 1.54) is 22.7 Å². The molecular weight excluding hydrogens is 284 g/mol. The topological polar surface area (TPSA) is 72.3 Å². The molecule has 0 aliphatic rings. The summed E-state index contributed by atoms with van der Waals surface area (Å²) in [6, 6.07) is 0. The number of esters is 1. The van der Waals surface area contributed by atoms with Crippen LogP contribution in [0.1, 0.15) is 28.5 Å². The van der Waals surface area contributed by atoms with Crippen molar-refractivity contribution in [1.29, 1.82) is 0 Å². The van der Waals surface area contributed by atoms with Crippen molar-refractivity contribution in [3.63, 3.8) is 0 Å². The van der Waals surface area contributed by atoms with Gasteiger partial charge in [0.15, 0.2) is 11.8 Å². The predicted molar refractivity (Wildman–Crippen MR) is 73.0 cm³/mol. The molecule has 0 spiro atoms. The van der Waals surface area contributed by atoms with Gasteiger partial charge in [-0.15, -0.1) is 29.1 Å². The maximum atomic E-state index is 11.5. The molecule has 0 bridgehead atoms. The zero-order valence-electron chi connectivity index (χ0n) is 9.99. The van der Waals surface area contributed by atoms with Crippen LogP contribution in [-0.4, -0.2) is 27.7 Å². The van der Waals surface area contributed by atoms with E-state index in [9.17, 15) is 9.90 Å². The summed E-state index contributed by atoms with van der Waals surface area (Å²) in [7, 11) is 0. The highest BCUT2D eigenvalue weighted by molar-refractivity contribution is 7.14. The van der Waals surface area contributed by atoms with E-state index in [1.54, 1.807) is 17.7 Å². The third-order valence-electron chi connectivity index (χ3n) is 2.12. The maximum Gasteiger partial charge on any atom is 0.357 e. The predicted octanol–water partition coefficient (Wildman–Crippen LogP) is 2.11. The third-order valence-corrected chi connectivity index (χ3v) is 3.88. The number of aliphatic hydroxyl groups is 1. The van der Waals surface area contributed by atoms with E-state index >= 15 is 0 Å². The van der Waals surface area contributed by atoms with Crippen LogP contribution in [0.5, 0.6) is 0 Å². The summed E-state index contributed by atoms with van der Waals surface area (Å²) >= 11 is 2.54. The quantitative estimate of drug-likeness (QED) is 0.690. The maximum absolute atomic E-state index is 11.5. The molecule has 7 heteroatoms. The molecule has 0 fully saturated rings. The number of aromatic nitrogens is 2. The van der Waals surface area contributed by atoms with Crippen molar-refractivity contribution in [2.45, 2.75) is 13.0 Å². The number of ether oxygens (including phenoxy) is 1. The summed E-state index contributed by atoms with van der Waals surface area (Å²) < 4.78 is 4.86. The second kappa shape index (κ2) is 5.93. The standard InChI is InChI=1S/C12H10N2O3S2/c1-3-9(15)11-13-7(5-19-11)10-14-8(6-18-10)12(16)17-4-2/h1,5-6,9,15H,4H2,2H3. The highest BCUT2D eigenvalue weighted by Crippen LogP contribution is 2.27. The molecule has 2 aromatic heterocycles. The van der Waals surface area contributed by atoms with Gasteiger partial charge in [-0.25, -0.2) is 14.8 Å². The summed E-state index contributed by atoms with van der Waals surface area (Å²) in [4.78, 5) is 19.8. The molecule has 1 N–H and O–H groups in total. The summed E-state index contributed by atoms with van der Waals surface area (Å²) in [5, 5.41) is 13.9. The molecule has 2 aromatic rings. The second-order valence-corrected chi connectivity index (χ2v) is 5.15. The van der Waals surface area contributed by atoms with Gasteiger partial charge in [0.2, 0.25) is 0 Å². The first kappa shape index (κ1) is 13.7. The zero-order chi connectivity index (χ0) is 13.8. The van der Waals surface area contributed by atoms with Gasteiger partial charge >= 0.3 is 5.97 Å². The van der Waals surface area contributed by atoms with E-state index in [4.69, 9.17) is 11.2 Å². The van der Waals surface area contributed by atoms with Crippen LogP contribution in [0.2, 0.25) is 0 Å². The Morgan fingerprint density at radius 2 is 2.32 bits per heavy atom. The minimum Gasteiger partial charge on any atom is -0.461 e. The van der Waals surface area contributed by atoms with Crippen LogP contribution in [0.3, 0.4) is 0 Å². The monoisotopic (exact) mass is 294 g/mol. The number of hydrogen-bond donors (Lipinski definition) is 1. The SMILES string of the molecule is C#CC(O)c1nc(-c2nc(C(=O)OCC)cs2)cs1. The number of nitrogens with zero attached hydrogens (tertiary/aromatic N) is 2. The molecule has 0 radical (unpaired) electrons. The number of terminal acetylenes is 1. The molecule has 19 heavy (non-hydrogen) atoms. The van der Waals surface area contributed by atoms with E-state index in [1.807, 2.05) is 0 Å². The van der Waals surface area contributed by atoms with Crippen LogP contribution in [0.15, 0.2) is 10.8 Å². The van der Waals surface area contributed by atoms with Crippen LogP contribution < -0.4 is 0 Å². The minimum atomic E-state index is -1.01. The fourth-order valence-electron chi connectivity index (χ4n) is 1.27. The van der Waals surface area contributed by atoms with Gasteiger partial charge in [0.05, 0.1) is 6.61 Å². The van der Waals surface area contributed by atoms with Gasteiger partial charge in [0.1, 0.15) is 15.7 Å². The molecule has 2 heterocycles. The second-order valence-electron chi connectivity index (χ2n) is 3.40. The fraction of sp³-hybridized carbons (Fsp3) is 0.250. The number of carbonyl (C=O) groups is 1. The van der Waals surface area contributed by atoms with Crippen molar-refractivity contribution in [2.24, 2.45) is 0 Å². The van der Waals surface area contributed by atoms with Crippen molar-refractivity contribution in [3.8, 4) is 23.0 Å². The first-order chi connectivity index (χ1) is 9.15. The van der Waals surface area contributed by atoms with E-state index in [2.05, 4.69) is 15.9 Å². The van der Waals surface area contributed by atoms with Crippen molar-refractivity contribution >= 4 is 28.6 Å². The number of thiazole rings is 2. The number of carbonyl (C=O) groups excluding carboxylic acids is 1. The Kier molecular flexibility index (Phi) is 4.27. The fourth-order valence-corrected chi connectivity index (χ4v) is 2.84. The molecular formula is C12H10N2O3S2. The van der Waals surface area contributed by atoms with Gasteiger partial charge in [-0.1, -0.05) is 5.92 Å². The van der Waals surface area contributed by atoms with Gasteiger partial charge in [-0.05, 0) is 6.92 Å². The molecule has 1 atom stereocenters. The van der Waals surface area contributed by atoms with Crippen LogP contribution in [0.25, 0.3) is 10.7 Å². The van der Waals surface area contributed by atoms with Crippen molar-refractivity contribution in [3.05, 3.63) is 21.5 Å². The molecule has 0 saturated heterocycles. The van der Waals surface area contributed by atoms with Gasteiger partial charge in [0.25, 0.3) is 0 Å². The van der Waals surface area contributed by atoms with Crippen molar-refractivity contribution in [1.82, 2.24) is 9.97 Å². The largest absolute Gasteiger partial charge is 0.461 e. The van der Waals surface area contributed by atoms with Crippen molar-refractivity contribution in [2.75, 3.05) is 6.61 Å². The average Bonchev–Trinajstić information content (AvgIpc) is 3.06. The molecule has 0 amide bonds. The van der Waals surface area contributed by atoms with E-state index in [-0.39, 0.29) is 5.69 Å². The first-order valence-corrected chi connectivity index (χ1v) is 7.14. The Morgan fingerprint density at radius 1 is 1.53 bits per heavy atom. The van der Waals surface area contributed by atoms with Crippen LogP contribution in [0.4, 0.5) is 0 Å². The lowest BCUT2D eigenvalue weighted by molar-refractivity contribution is 0.0520. The molecule has 5 nitrogen and oxygen atoms in total. The Bertz CT molecular complexity index is 627. The smallest absolute Gasteiger partial charge is 0.357 e. The van der Waals surface area contributed by atoms with Crippen molar-refractivity contribution < 1.29 is 14.6 Å². The van der Waals surface area contributed by atoms with E-state index in [0.29, 0.717) is 22.3 Å². The number of hydrogen-bond acceptors (Lipinski definition) is 7. The van der Waals surface area contributed by atoms with Crippen LogP contribution >= 0.6 is 22.7 Å². The molecule has 2 rings (SSSR count). The van der Waals surface area contributed by atoms with E-state index in [0.717, 1.165) is 0 Å². The van der Waals surface area contributed by atoms with E-state index < -0.39 is 12.1 Å². The highest BCUT2D eigenvalue weighted by atomic mass is 32.1. The Balaban J connectivity index is 2.21. The summed E-state index contributed by atoms with van der Waals surface area (Å²) in [5.41, 5.74) is 0.851. The Morgan fingerprint density at radius 3 is 3.00 bits per heavy atom. The Hall–Kier alpha value is -1.75. The lowest BCUT2D eigenvalue weighted by Crippen LogP contribution is -2.04. The first-order valence-electron chi connectivity index (χ1n) is 5.38. The van der Waals surface area contributed by atoms with Crippen LogP contribution in [0, 0.1) is 12.3 Å². The number of rotatable bonds is 4. The molecule has 0 aromatic carbocycles. The molecule has 1 unspecified atom stereocenters. The van der Waals surface area contributed by atoms with Crippen LogP contribution in [-0.2, 0) is 4.74 Å². The molecule has 0 aliphatic carbocycles. The number of aliphatic hydroxyl groups excluding tert-OH is 1. The van der Waals surface area contributed by atoms with Gasteiger partial charge in [0, 0.05) is 10.8 Å².